The van der Waals surface area contributed by atoms with Crippen molar-refractivity contribution in [2.45, 2.75) is 58.2 Å². The number of H-pyrrole nitrogens is 2. The number of hydrogen-bond donors (Lipinski definition) is 3. The number of imidazole rings is 2. The highest BCUT2D eigenvalue weighted by atomic mass is 16.6. The minimum absolute atomic E-state index is 0.190. The molecular weight excluding hydrogens is 572 g/mol. The van der Waals surface area contributed by atoms with E-state index in [-0.39, 0.29) is 18.1 Å². The topological polar surface area (TPSA) is 98.9 Å². The lowest BCUT2D eigenvalue weighted by atomic mass is 9.98. The smallest absolute Gasteiger partial charge is 0.410 e. The van der Waals surface area contributed by atoms with Crippen LogP contribution in [-0.4, -0.2) is 49.6 Å². The summed E-state index contributed by atoms with van der Waals surface area (Å²) in [4.78, 5) is 31.2. The van der Waals surface area contributed by atoms with Crippen LogP contribution < -0.4 is 5.32 Å². The first kappa shape index (κ1) is 30.0. The van der Waals surface area contributed by atoms with E-state index in [0.717, 1.165) is 58.9 Å². The van der Waals surface area contributed by atoms with E-state index in [1.54, 1.807) is 4.90 Å². The van der Waals surface area contributed by atoms with Gasteiger partial charge in [0, 0.05) is 12.1 Å². The Labute approximate surface area is 270 Å². The average molecular weight is 615 g/mol. The van der Waals surface area contributed by atoms with Crippen LogP contribution in [0.1, 0.15) is 64.3 Å². The average Bonchev–Trinajstić information content (AvgIpc) is 3.86. The molecule has 0 bridgehead atoms. The van der Waals surface area contributed by atoms with Gasteiger partial charge in [-0.25, -0.2) is 14.8 Å². The molecule has 5 aromatic rings. The second kappa shape index (κ2) is 11.9. The van der Waals surface area contributed by atoms with Gasteiger partial charge < -0.3 is 20.0 Å². The van der Waals surface area contributed by atoms with Crippen molar-refractivity contribution in [3.05, 3.63) is 97.4 Å². The van der Waals surface area contributed by atoms with Crippen LogP contribution in [0.25, 0.3) is 44.4 Å². The molecule has 3 N–H and O–H groups in total. The second-order valence-corrected chi connectivity index (χ2v) is 13.9. The van der Waals surface area contributed by atoms with Crippen molar-refractivity contribution in [3.63, 3.8) is 0 Å². The molecule has 2 fully saturated rings. The van der Waals surface area contributed by atoms with Gasteiger partial charge >= 0.3 is 6.09 Å². The fourth-order valence-corrected chi connectivity index (χ4v) is 6.69. The van der Waals surface area contributed by atoms with E-state index in [2.05, 4.69) is 94.4 Å². The van der Waals surface area contributed by atoms with Crippen LogP contribution in [0, 0.1) is 11.8 Å². The first-order valence-corrected chi connectivity index (χ1v) is 16.2. The summed E-state index contributed by atoms with van der Waals surface area (Å²) in [5, 5.41) is 5.87. The van der Waals surface area contributed by atoms with Crippen LogP contribution in [0.2, 0.25) is 0 Å². The lowest BCUT2D eigenvalue weighted by Crippen LogP contribution is -2.37. The van der Waals surface area contributed by atoms with Crippen LogP contribution in [0.15, 0.2) is 85.7 Å². The summed E-state index contributed by atoms with van der Waals surface area (Å²) in [6.45, 7) is 13.5. The third-order valence-electron chi connectivity index (χ3n) is 9.16. The molecule has 2 aromatic heterocycles. The summed E-state index contributed by atoms with van der Waals surface area (Å²) in [6, 6.07) is 21.8. The molecule has 0 spiro atoms. The van der Waals surface area contributed by atoms with E-state index < -0.39 is 5.60 Å². The zero-order chi connectivity index (χ0) is 32.0. The number of amides is 1. The van der Waals surface area contributed by atoms with Crippen LogP contribution in [0.3, 0.4) is 0 Å². The van der Waals surface area contributed by atoms with Gasteiger partial charge in [-0.05, 0) is 91.6 Å². The van der Waals surface area contributed by atoms with Crippen molar-refractivity contribution >= 4 is 16.9 Å². The number of fused-ring (bicyclic) bond motifs is 1. The normalized spacial score (nSPS) is 21.6. The maximum absolute atomic E-state index is 13.0. The molecule has 0 radical (unpaired) electrons. The maximum atomic E-state index is 13.0. The third-order valence-corrected chi connectivity index (χ3v) is 9.16. The van der Waals surface area contributed by atoms with Gasteiger partial charge in [0.1, 0.15) is 17.2 Å². The van der Waals surface area contributed by atoms with Gasteiger partial charge in [-0.3, -0.25) is 4.90 Å². The fraction of sp³-hybridized carbons (Fsp3) is 0.342. The van der Waals surface area contributed by atoms with Gasteiger partial charge in [-0.1, -0.05) is 61.5 Å². The number of nitrogens with zero attached hydrogens (tertiary/aromatic N) is 3. The Morgan fingerprint density at radius 1 is 0.870 bits per heavy atom. The zero-order valence-corrected chi connectivity index (χ0v) is 27.0. The number of carbonyl (C=O) groups excluding carboxylic acids is 1. The van der Waals surface area contributed by atoms with Crippen molar-refractivity contribution in [2.24, 2.45) is 11.8 Å². The molecule has 4 heterocycles. The minimum atomic E-state index is -0.563. The maximum Gasteiger partial charge on any atom is 0.410 e. The van der Waals surface area contributed by atoms with Gasteiger partial charge in [0.15, 0.2) is 0 Å². The molecule has 0 aliphatic carbocycles. The molecule has 1 unspecified atom stereocenters. The number of likely N-dealkylation sites (tertiary alicyclic amines) is 1. The second-order valence-electron chi connectivity index (χ2n) is 13.9. The van der Waals surface area contributed by atoms with Crippen molar-refractivity contribution in [1.82, 2.24) is 30.2 Å². The molecular formula is C38H42N6O2. The molecule has 2 aliphatic heterocycles. The first-order chi connectivity index (χ1) is 22.1. The third kappa shape index (κ3) is 6.09. The van der Waals surface area contributed by atoms with Crippen LogP contribution in [0.4, 0.5) is 4.79 Å². The van der Waals surface area contributed by atoms with E-state index in [1.165, 1.54) is 16.5 Å². The molecule has 1 amide bonds. The molecule has 2 aliphatic rings. The van der Waals surface area contributed by atoms with E-state index in [1.807, 2.05) is 39.2 Å². The van der Waals surface area contributed by atoms with Crippen molar-refractivity contribution < 1.29 is 9.53 Å². The monoisotopic (exact) mass is 614 g/mol. The van der Waals surface area contributed by atoms with Crippen LogP contribution in [0.5, 0.6) is 0 Å². The highest BCUT2D eigenvalue weighted by Crippen LogP contribution is 2.37. The minimum Gasteiger partial charge on any atom is -0.444 e. The van der Waals surface area contributed by atoms with Crippen LogP contribution in [-0.2, 0) is 4.74 Å². The largest absolute Gasteiger partial charge is 0.444 e. The lowest BCUT2D eigenvalue weighted by molar-refractivity contribution is 0.0216. The summed E-state index contributed by atoms with van der Waals surface area (Å²) < 4.78 is 5.70. The molecule has 7 rings (SSSR count). The quantitative estimate of drug-likeness (QED) is 0.167. The van der Waals surface area contributed by atoms with E-state index in [0.29, 0.717) is 18.5 Å². The van der Waals surface area contributed by atoms with Crippen molar-refractivity contribution in [1.29, 1.82) is 0 Å². The SMILES string of the molecule is C=CC1C[C@@H](c2ncc(-c3ccc4cc(-c5ccc(-c6cnc([C@@H]7C[C@@H](C)CN7)[nH]6)cc5)ccc4c3)[nH]2)N(C(=O)OC(C)(C)C)C1. The Balaban J connectivity index is 1.07. The molecule has 4 atom stereocenters. The number of benzene rings is 3. The van der Waals surface area contributed by atoms with E-state index in [9.17, 15) is 4.79 Å². The molecule has 2 saturated heterocycles. The predicted octanol–water partition coefficient (Wildman–Crippen LogP) is 8.44. The summed E-state index contributed by atoms with van der Waals surface area (Å²) >= 11 is 0. The number of aromatic amines is 2. The Kier molecular flexibility index (Phi) is 7.77. The number of hydrogen-bond acceptors (Lipinski definition) is 5. The van der Waals surface area contributed by atoms with Gasteiger partial charge in [0.2, 0.25) is 0 Å². The highest BCUT2D eigenvalue weighted by molar-refractivity contribution is 5.90. The molecule has 236 valence electrons. The Bertz CT molecular complexity index is 1880. The fourth-order valence-electron chi connectivity index (χ4n) is 6.69. The van der Waals surface area contributed by atoms with Gasteiger partial charge in [-0.15, -0.1) is 6.58 Å². The predicted molar refractivity (Wildman–Crippen MR) is 183 cm³/mol. The van der Waals surface area contributed by atoms with Crippen LogP contribution >= 0.6 is 0 Å². The van der Waals surface area contributed by atoms with Gasteiger partial charge in [0.25, 0.3) is 0 Å². The number of rotatable bonds is 6. The molecule has 0 saturated carbocycles. The lowest BCUT2D eigenvalue weighted by Gasteiger charge is -2.27. The number of ether oxygens (including phenoxy) is 1. The number of aromatic nitrogens is 4. The van der Waals surface area contributed by atoms with Gasteiger partial charge in [0.05, 0.1) is 35.9 Å². The number of carbonyl (C=O) groups is 1. The van der Waals surface area contributed by atoms with Gasteiger partial charge in [-0.2, -0.15) is 0 Å². The Morgan fingerprint density at radius 3 is 2.15 bits per heavy atom. The molecule has 8 nitrogen and oxygen atoms in total. The number of nitrogens with one attached hydrogen (secondary N) is 3. The highest BCUT2D eigenvalue weighted by Gasteiger charge is 2.39. The first-order valence-electron chi connectivity index (χ1n) is 16.2. The molecule has 8 heteroatoms. The Morgan fingerprint density at radius 2 is 1.48 bits per heavy atom. The standard InChI is InChI=1S/C38H42N6O2/c1-6-24-16-34(44(22-24)37(45)46-38(3,4)5)36-41-21-33(43-36)30-14-13-28-17-27(11-12-29(28)18-30)25-7-9-26(10-8-25)32-20-40-35(42-32)31-15-23(2)19-39-31/h6-14,17-18,20-21,23-24,31,34,39H,1,15-16,19,22H2,2-5H3,(H,40,42)(H,41,43)/t23-,24?,31+,34+/m1/s1. The van der Waals surface area contributed by atoms with Crippen molar-refractivity contribution in [3.8, 4) is 33.6 Å². The zero-order valence-electron chi connectivity index (χ0n) is 27.0. The summed E-state index contributed by atoms with van der Waals surface area (Å²) in [5.74, 6) is 2.65. The Hall–Kier alpha value is -4.69. The summed E-state index contributed by atoms with van der Waals surface area (Å²) in [5.41, 5.74) is 5.92. The van der Waals surface area contributed by atoms with E-state index >= 15 is 0 Å². The molecule has 46 heavy (non-hydrogen) atoms. The summed E-state index contributed by atoms with van der Waals surface area (Å²) in [6.07, 6.45) is 7.26. The molecule has 3 aromatic carbocycles. The van der Waals surface area contributed by atoms with E-state index in [4.69, 9.17) is 9.72 Å². The summed E-state index contributed by atoms with van der Waals surface area (Å²) in [7, 11) is 0. The van der Waals surface area contributed by atoms with Crippen molar-refractivity contribution in [2.75, 3.05) is 13.1 Å².